The Hall–Kier alpha value is -2.47. The Balaban J connectivity index is 0.000000217. The third kappa shape index (κ3) is 4.66. The van der Waals surface area contributed by atoms with Crippen molar-refractivity contribution in [3.8, 4) is 11.5 Å². The Morgan fingerprint density at radius 1 is 1.15 bits per heavy atom. The van der Waals surface area contributed by atoms with Gasteiger partial charge >= 0.3 is 0 Å². The van der Waals surface area contributed by atoms with Crippen molar-refractivity contribution in [2.24, 2.45) is 0 Å². The predicted molar refractivity (Wildman–Crippen MR) is 78.7 cm³/mol. The lowest BCUT2D eigenvalue weighted by atomic mass is 10.2. The molecule has 0 aliphatic heterocycles. The quantitative estimate of drug-likeness (QED) is 0.581. The van der Waals surface area contributed by atoms with Crippen LogP contribution < -0.4 is 11.1 Å². The lowest BCUT2D eigenvalue weighted by Crippen LogP contribution is -2.06. The Bertz CT molecular complexity index is 526. The number of phenolic OH excluding ortho intramolecular Hbond substituents is 1. The van der Waals surface area contributed by atoms with E-state index in [1.54, 1.807) is 18.2 Å². The fourth-order valence-electron chi connectivity index (χ4n) is 1.41. The molecule has 6 N–H and O–H groups in total. The predicted octanol–water partition coefficient (Wildman–Crippen LogP) is 1.47. The molecule has 0 fully saturated rings. The zero-order chi connectivity index (χ0) is 15.0. The smallest absolute Gasteiger partial charge is 0.165 e. The van der Waals surface area contributed by atoms with Crippen molar-refractivity contribution < 1.29 is 15.3 Å². The number of benzene rings is 1. The molecule has 6 heteroatoms. The molecule has 20 heavy (non-hydrogen) atoms. The van der Waals surface area contributed by atoms with Crippen molar-refractivity contribution in [3.05, 3.63) is 42.1 Å². The molecule has 0 saturated heterocycles. The maximum Gasteiger partial charge on any atom is 0.165 e. The normalized spacial score (nSPS) is 9.50. The molecule has 0 aliphatic carbocycles. The highest BCUT2D eigenvalue weighted by molar-refractivity contribution is 5.56. The minimum Gasteiger partial charge on any atom is -0.508 e. The molecule has 0 saturated carbocycles. The lowest BCUT2D eigenvalue weighted by Gasteiger charge is -2.08. The largest absolute Gasteiger partial charge is 0.508 e. The number of pyridine rings is 1. The maximum atomic E-state index is 9.30. The van der Waals surface area contributed by atoms with Gasteiger partial charge in [-0.05, 0) is 31.2 Å². The van der Waals surface area contributed by atoms with Crippen LogP contribution in [0.4, 0.5) is 11.5 Å². The Morgan fingerprint density at radius 3 is 2.40 bits per heavy atom. The van der Waals surface area contributed by atoms with Crippen molar-refractivity contribution in [1.29, 1.82) is 0 Å². The summed E-state index contributed by atoms with van der Waals surface area (Å²) in [6.45, 7) is 2.43. The third-order valence-corrected chi connectivity index (χ3v) is 2.55. The van der Waals surface area contributed by atoms with E-state index in [1.807, 2.05) is 13.0 Å². The number of nitrogens with two attached hydrogens (primary N) is 1. The molecule has 0 aliphatic rings. The summed E-state index contributed by atoms with van der Waals surface area (Å²) in [4.78, 5) is 3.61. The first-order valence-corrected chi connectivity index (χ1v) is 6.09. The molecule has 6 nitrogen and oxygen atoms in total. The van der Waals surface area contributed by atoms with Crippen LogP contribution in [0, 0.1) is 6.92 Å². The maximum absolute atomic E-state index is 9.30. The van der Waals surface area contributed by atoms with E-state index in [-0.39, 0.29) is 23.9 Å². The third-order valence-electron chi connectivity index (χ3n) is 2.55. The standard InChI is InChI=1S/C9H13NO2.C5H6N2O/c1-7-8(10-5-6-11)3-2-4-9(7)12;6-5-4(8)2-1-3-7-5/h2-4,10-12H,5-6H2,1H3;1-3,8H,(H2,6,7). The van der Waals surface area contributed by atoms with Crippen LogP contribution in [0.15, 0.2) is 36.5 Å². The highest BCUT2D eigenvalue weighted by Gasteiger charge is 2.00. The molecule has 1 aromatic heterocycles. The number of hydrogen-bond acceptors (Lipinski definition) is 6. The Kier molecular flexibility index (Phi) is 6.12. The number of nitrogen functional groups attached to an aromatic ring is 1. The van der Waals surface area contributed by atoms with Gasteiger partial charge in [-0.1, -0.05) is 6.07 Å². The topological polar surface area (TPSA) is 112 Å². The van der Waals surface area contributed by atoms with E-state index in [1.165, 1.54) is 12.3 Å². The summed E-state index contributed by atoms with van der Waals surface area (Å²) in [5.41, 5.74) is 6.83. The highest BCUT2D eigenvalue weighted by Crippen LogP contribution is 2.23. The molecule has 0 atom stereocenters. The fraction of sp³-hybridized carbons (Fsp3) is 0.214. The number of aromatic nitrogens is 1. The molecule has 2 rings (SSSR count). The number of rotatable bonds is 3. The van der Waals surface area contributed by atoms with E-state index in [0.717, 1.165) is 11.3 Å². The summed E-state index contributed by atoms with van der Waals surface area (Å²) in [6, 6.07) is 8.38. The molecular formula is C14H19N3O3. The number of anilines is 2. The van der Waals surface area contributed by atoms with Crippen LogP contribution in [-0.2, 0) is 0 Å². The van der Waals surface area contributed by atoms with Gasteiger partial charge in [0.2, 0.25) is 0 Å². The second kappa shape index (κ2) is 7.85. The molecule has 1 heterocycles. The average Bonchev–Trinajstić information content (AvgIpc) is 2.44. The van der Waals surface area contributed by atoms with Crippen molar-refractivity contribution in [2.75, 3.05) is 24.2 Å². The molecule has 0 unspecified atom stereocenters. The van der Waals surface area contributed by atoms with Gasteiger partial charge in [0.25, 0.3) is 0 Å². The molecular weight excluding hydrogens is 258 g/mol. The SMILES string of the molecule is Cc1c(O)cccc1NCCO.Nc1ncccc1O. The number of hydrogen-bond donors (Lipinski definition) is 5. The monoisotopic (exact) mass is 277 g/mol. The van der Waals surface area contributed by atoms with Crippen LogP contribution in [-0.4, -0.2) is 33.5 Å². The van der Waals surface area contributed by atoms with Crippen LogP contribution in [0.2, 0.25) is 0 Å². The zero-order valence-corrected chi connectivity index (χ0v) is 11.2. The van der Waals surface area contributed by atoms with Crippen molar-refractivity contribution in [2.45, 2.75) is 6.92 Å². The summed E-state index contributed by atoms with van der Waals surface area (Å²) >= 11 is 0. The van der Waals surface area contributed by atoms with Gasteiger partial charge in [-0.2, -0.15) is 0 Å². The number of aromatic hydroxyl groups is 2. The Labute approximate surface area is 117 Å². The summed E-state index contributed by atoms with van der Waals surface area (Å²) in [7, 11) is 0. The van der Waals surface area contributed by atoms with Crippen molar-refractivity contribution >= 4 is 11.5 Å². The first kappa shape index (κ1) is 15.6. The van der Waals surface area contributed by atoms with E-state index in [4.69, 9.17) is 15.9 Å². The highest BCUT2D eigenvalue weighted by atomic mass is 16.3. The average molecular weight is 277 g/mol. The second-order valence-electron chi connectivity index (χ2n) is 4.01. The summed E-state index contributed by atoms with van der Waals surface area (Å²) in [5.74, 6) is 0.484. The Morgan fingerprint density at radius 2 is 1.85 bits per heavy atom. The van der Waals surface area contributed by atoms with Gasteiger partial charge in [0, 0.05) is 24.0 Å². The molecule has 108 valence electrons. The minimum atomic E-state index is 0.0347. The van der Waals surface area contributed by atoms with E-state index >= 15 is 0 Å². The van der Waals surface area contributed by atoms with Gasteiger partial charge in [0.1, 0.15) is 5.75 Å². The van der Waals surface area contributed by atoms with Crippen molar-refractivity contribution in [3.63, 3.8) is 0 Å². The first-order chi connectivity index (χ1) is 9.56. The first-order valence-electron chi connectivity index (χ1n) is 6.09. The van der Waals surface area contributed by atoms with Gasteiger partial charge in [-0.15, -0.1) is 0 Å². The molecule has 1 aromatic carbocycles. The van der Waals surface area contributed by atoms with Crippen LogP contribution in [0.5, 0.6) is 11.5 Å². The molecule has 0 spiro atoms. The zero-order valence-electron chi connectivity index (χ0n) is 11.2. The molecule has 0 bridgehead atoms. The van der Waals surface area contributed by atoms with Gasteiger partial charge in [0.15, 0.2) is 11.6 Å². The summed E-state index contributed by atoms with van der Waals surface area (Å²) < 4.78 is 0. The second-order valence-corrected chi connectivity index (χ2v) is 4.01. The molecule has 0 radical (unpaired) electrons. The van der Waals surface area contributed by atoms with E-state index in [0.29, 0.717) is 6.54 Å². The van der Waals surface area contributed by atoms with Crippen LogP contribution in [0.25, 0.3) is 0 Å². The number of aliphatic hydroxyl groups excluding tert-OH is 1. The lowest BCUT2D eigenvalue weighted by molar-refractivity contribution is 0.311. The van der Waals surface area contributed by atoms with Gasteiger partial charge < -0.3 is 26.4 Å². The molecule has 0 amide bonds. The van der Waals surface area contributed by atoms with Crippen LogP contribution >= 0.6 is 0 Å². The number of nitrogens with one attached hydrogen (secondary N) is 1. The van der Waals surface area contributed by atoms with Crippen LogP contribution in [0.1, 0.15) is 5.56 Å². The number of nitrogens with zero attached hydrogens (tertiary/aromatic N) is 1. The summed E-state index contributed by atoms with van der Waals surface area (Å²) in [6.07, 6.45) is 1.52. The van der Waals surface area contributed by atoms with E-state index in [2.05, 4.69) is 10.3 Å². The van der Waals surface area contributed by atoms with Crippen LogP contribution in [0.3, 0.4) is 0 Å². The van der Waals surface area contributed by atoms with Crippen molar-refractivity contribution in [1.82, 2.24) is 4.98 Å². The van der Waals surface area contributed by atoms with E-state index in [9.17, 15) is 5.11 Å². The summed E-state index contributed by atoms with van der Waals surface area (Å²) in [5, 5.41) is 29.6. The number of phenols is 1. The number of aliphatic hydroxyl groups is 1. The molecule has 2 aromatic rings. The van der Waals surface area contributed by atoms with Gasteiger partial charge in [0.05, 0.1) is 6.61 Å². The fourth-order valence-corrected chi connectivity index (χ4v) is 1.41. The van der Waals surface area contributed by atoms with Gasteiger partial charge in [-0.25, -0.2) is 4.98 Å². The van der Waals surface area contributed by atoms with E-state index < -0.39 is 0 Å². The van der Waals surface area contributed by atoms with Gasteiger partial charge in [-0.3, -0.25) is 0 Å². The minimum absolute atomic E-state index is 0.0347.